The van der Waals surface area contributed by atoms with E-state index in [0.29, 0.717) is 5.69 Å². The minimum atomic E-state index is -0.291. The average molecular weight is 469 g/mol. The van der Waals surface area contributed by atoms with Crippen molar-refractivity contribution in [2.45, 2.75) is 19.8 Å². The summed E-state index contributed by atoms with van der Waals surface area (Å²) < 4.78 is 14.6. The third kappa shape index (κ3) is 4.67. The first-order valence-corrected chi connectivity index (χ1v) is 10.7. The predicted molar refractivity (Wildman–Crippen MR) is 120 cm³/mol. The summed E-state index contributed by atoms with van der Waals surface area (Å²) in [4.78, 5) is 23.5. The molecule has 0 radical (unpaired) electrons. The van der Waals surface area contributed by atoms with Crippen LogP contribution < -0.4 is 10.2 Å². The van der Waals surface area contributed by atoms with Gasteiger partial charge in [-0.3, -0.25) is 4.79 Å². The Morgan fingerprint density at radius 1 is 1.13 bits per heavy atom. The lowest BCUT2D eigenvalue weighted by molar-refractivity contribution is -0.120. The summed E-state index contributed by atoms with van der Waals surface area (Å²) in [5, 5.41) is 3.03. The second-order valence-electron chi connectivity index (χ2n) is 7.49. The SMILES string of the molecule is Cc1cc(NC(=O)C2CCN(c3cc(-c4cccc(F)c4)ncn3)CC2)ccc1Br. The first-order valence-electron chi connectivity index (χ1n) is 9.89. The first kappa shape index (κ1) is 20.5. The Morgan fingerprint density at radius 2 is 1.93 bits per heavy atom. The molecule has 4 rings (SSSR count). The zero-order valence-corrected chi connectivity index (χ0v) is 18.2. The van der Waals surface area contributed by atoms with Crippen LogP contribution in [0.1, 0.15) is 18.4 Å². The molecule has 0 atom stereocenters. The van der Waals surface area contributed by atoms with E-state index in [2.05, 4.69) is 36.1 Å². The molecule has 1 amide bonds. The van der Waals surface area contributed by atoms with Gasteiger partial charge in [0.1, 0.15) is 18.0 Å². The molecule has 0 saturated carbocycles. The molecule has 5 nitrogen and oxygen atoms in total. The minimum absolute atomic E-state index is 0.0327. The number of hydrogen-bond acceptors (Lipinski definition) is 4. The number of hydrogen-bond donors (Lipinski definition) is 1. The van der Waals surface area contributed by atoms with E-state index in [1.54, 1.807) is 6.07 Å². The zero-order chi connectivity index (χ0) is 21.1. The molecule has 1 saturated heterocycles. The molecule has 1 aliphatic heterocycles. The van der Waals surface area contributed by atoms with Crippen LogP contribution in [0.2, 0.25) is 0 Å². The summed E-state index contributed by atoms with van der Waals surface area (Å²) in [5.74, 6) is 0.529. The van der Waals surface area contributed by atoms with E-state index >= 15 is 0 Å². The van der Waals surface area contributed by atoms with Gasteiger partial charge >= 0.3 is 0 Å². The number of nitrogens with one attached hydrogen (secondary N) is 1. The molecule has 7 heteroatoms. The highest BCUT2D eigenvalue weighted by atomic mass is 79.9. The Bertz CT molecular complexity index is 1070. The molecule has 1 N–H and O–H groups in total. The van der Waals surface area contributed by atoms with Crippen molar-refractivity contribution in [1.82, 2.24) is 9.97 Å². The minimum Gasteiger partial charge on any atom is -0.356 e. The quantitative estimate of drug-likeness (QED) is 0.570. The maximum absolute atomic E-state index is 13.5. The number of aryl methyl sites for hydroxylation is 1. The largest absolute Gasteiger partial charge is 0.356 e. The maximum Gasteiger partial charge on any atom is 0.227 e. The normalized spacial score (nSPS) is 14.6. The summed E-state index contributed by atoms with van der Waals surface area (Å²) in [6.07, 6.45) is 3.01. The van der Waals surface area contributed by atoms with E-state index in [-0.39, 0.29) is 17.6 Å². The molecule has 3 aromatic rings. The predicted octanol–water partition coefficient (Wildman–Crippen LogP) is 5.21. The Morgan fingerprint density at radius 3 is 2.67 bits per heavy atom. The molecule has 1 aliphatic rings. The summed E-state index contributed by atoms with van der Waals surface area (Å²) >= 11 is 3.48. The van der Waals surface area contributed by atoms with Crippen molar-refractivity contribution < 1.29 is 9.18 Å². The number of rotatable bonds is 4. The average Bonchev–Trinajstić information content (AvgIpc) is 2.76. The lowest BCUT2D eigenvalue weighted by Gasteiger charge is -2.32. The fourth-order valence-electron chi connectivity index (χ4n) is 3.66. The van der Waals surface area contributed by atoms with Crippen molar-refractivity contribution in [2.75, 3.05) is 23.3 Å². The summed E-state index contributed by atoms with van der Waals surface area (Å²) in [7, 11) is 0. The lowest BCUT2D eigenvalue weighted by Crippen LogP contribution is -2.38. The fraction of sp³-hybridized carbons (Fsp3) is 0.261. The number of carbonyl (C=O) groups excluding carboxylic acids is 1. The molecule has 2 aromatic carbocycles. The number of anilines is 2. The Hall–Kier alpha value is -2.80. The highest BCUT2D eigenvalue weighted by Gasteiger charge is 2.26. The van der Waals surface area contributed by atoms with Crippen molar-refractivity contribution in [3.8, 4) is 11.3 Å². The van der Waals surface area contributed by atoms with E-state index in [1.807, 2.05) is 37.3 Å². The van der Waals surface area contributed by atoms with Crippen LogP contribution >= 0.6 is 15.9 Å². The number of aromatic nitrogens is 2. The van der Waals surface area contributed by atoms with E-state index in [4.69, 9.17) is 0 Å². The van der Waals surface area contributed by atoms with Crippen LogP contribution in [0.5, 0.6) is 0 Å². The molecular formula is C23H22BrFN4O. The number of halogens is 2. The van der Waals surface area contributed by atoms with E-state index in [9.17, 15) is 9.18 Å². The zero-order valence-electron chi connectivity index (χ0n) is 16.6. The molecule has 0 aliphatic carbocycles. The molecule has 0 bridgehead atoms. The fourth-order valence-corrected chi connectivity index (χ4v) is 3.91. The Labute approximate surface area is 183 Å². The second kappa shape index (κ2) is 8.92. The topological polar surface area (TPSA) is 58.1 Å². The van der Waals surface area contributed by atoms with Crippen molar-refractivity contribution in [2.24, 2.45) is 5.92 Å². The van der Waals surface area contributed by atoms with Gasteiger partial charge < -0.3 is 10.2 Å². The number of piperidine rings is 1. The maximum atomic E-state index is 13.5. The molecule has 1 aromatic heterocycles. The lowest BCUT2D eigenvalue weighted by atomic mass is 9.95. The van der Waals surface area contributed by atoms with Crippen LogP contribution in [0.3, 0.4) is 0 Å². The molecule has 0 spiro atoms. The van der Waals surface area contributed by atoms with Crippen LogP contribution in [0.15, 0.2) is 59.3 Å². The Balaban J connectivity index is 1.39. The second-order valence-corrected chi connectivity index (χ2v) is 8.34. The van der Waals surface area contributed by atoms with Crippen LogP contribution in [-0.2, 0) is 4.79 Å². The molecule has 0 unspecified atom stereocenters. The molecule has 2 heterocycles. The van der Waals surface area contributed by atoms with Gasteiger partial charge in [-0.25, -0.2) is 14.4 Å². The van der Waals surface area contributed by atoms with Gasteiger partial charge in [-0.05, 0) is 55.7 Å². The van der Waals surface area contributed by atoms with E-state index < -0.39 is 0 Å². The van der Waals surface area contributed by atoms with Gasteiger partial charge in [0.2, 0.25) is 5.91 Å². The third-order valence-electron chi connectivity index (χ3n) is 5.39. The molecular weight excluding hydrogens is 447 g/mol. The number of benzene rings is 2. The molecule has 30 heavy (non-hydrogen) atoms. The van der Waals surface area contributed by atoms with Gasteiger partial charge in [-0.2, -0.15) is 0 Å². The molecule has 1 fully saturated rings. The van der Waals surface area contributed by atoms with Crippen LogP contribution in [-0.4, -0.2) is 29.0 Å². The number of nitrogens with zero attached hydrogens (tertiary/aromatic N) is 3. The van der Waals surface area contributed by atoms with E-state index in [0.717, 1.165) is 53.0 Å². The first-order chi connectivity index (χ1) is 14.5. The van der Waals surface area contributed by atoms with Crippen LogP contribution in [0.4, 0.5) is 15.9 Å². The van der Waals surface area contributed by atoms with Gasteiger partial charge in [-0.1, -0.05) is 28.1 Å². The number of amides is 1. The highest BCUT2D eigenvalue weighted by Crippen LogP contribution is 2.27. The summed E-state index contributed by atoms with van der Waals surface area (Å²) in [5.41, 5.74) is 3.31. The standard InChI is InChI=1S/C23H22BrFN4O/c1-15-11-19(5-6-20(15)24)28-23(30)16-7-9-29(10-8-16)22-13-21(26-14-27-22)17-3-2-4-18(25)12-17/h2-6,11-14,16H,7-10H2,1H3,(H,28,30). The number of carbonyl (C=O) groups is 1. The smallest absolute Gasteiger partial charge is 0.227 e. The highest BCUT2D eigenvalue weighted by molar-refractivity contribution is 9.10. The summed E-state index contributed by atoms with van der Waals surface area (Å²) in [6, 6.07) is 14.1. The van der Waals surface area contributed by atoms with Crippen LogP contribution in [0, 0.1) is 18.7 Å². The van der Waals surface area contributed by atoms with Crippen molar-refractivity contribution >= 4 is 33.3 Å². The molecule has 154 valence electrons. The Kier molecular flexibility index (Phi) is 6.08. The monoisotopic (exact) mass is 468 g/mol. The van der Waals surface area contributed by atoms with Crippen molar-refractivity contribution in [3.63, 3.8) is 0 Å². The van der Waals surface area contributed by atoms with Crippen molar-refractivity contribution in [1.29, 1.82) is 0 Å². The van der Waals surface area contributed by atoms with Gasteiger partial charge in [0.25, 0.3) is 0 Å². The van der Waals surface area contributed by atoms with Gasteiger partial charge in [-0.15, -0.1) is 0 Å². The van der Waals surface area contributed by atoms with Gasteiger partial charge in [0.15, 0.2) is 0 Å². The van der Waals surface area contributed by atoms with Gasteiger partial charge in [0, 0.05) is 40.8 Å². The van der Waals surface area contributed by atoms with Crippen LogP contribution in [0.25, 0.3) is 11.3 Å². The third-order valence-corrected chi connectivity index (χ3v) is 6.28. The van der Waals surface area contributed by atoms with Crippen molar-refractivity contribution in [3.05, 3.63) is 70.7 Å². The summed E-state index contributed by atoms with van der Waals surface area (Å²) in [6.45, 7) is 3.46. The van der Waals surface area contributed by atoms with E-state index in [1.165, 1.54) is 18.5 Å². The van der Waals surface area contributed by atoms with Gasteiger partial charge in [0.05, 0.1) is 5.69 Å².